The van der Waals surface area contributed by atoms with Gasteiger partial charge in [0.05, 0.1) is 6.17 Å². The van der Waals surface area contributed by atoms with Crippen molar-refractivity contribution >= 4 is 0 Å². The number of nitrogens with one attached hydrogen (secondary N) is 1. The minimum Gasteiger partial charge on any atom is -0.299 e. The molecular weight excluding hydrogens is 1160 g/mol. The van der Waals surface area contributed by atoms with Crippen molar-refractivity contribution in [1.82, 2.24) is 10.2 Å². The van der Waals surface area contributed by atoms with Gasteiger partial charge in [0.2, 0.25) is 0 Å². The van der Waals surface area contributed by atoms with Gasteiger partial charge >= 0.3 is 0 Å². The van der Waals surface area contributed by atoms with E-state index in [1.165, 1.54) is 273 Å². The van der Waals surface area contributed by atoms with E-state index >= 15 is 0 Å². The summed E-state index contributed by atoms with van der Waals surface area (Å²) >= 11 is 0. The molecule has 0 aromatic rings. The van der Waals surface area contributed by atoms with E-state index in [1.807, 2.05) is 27.7 Å². The highest BCUT2D eigenvalue weighted by atomic mass is 15.3. The van der Waals surface area contributed by atoms with Crippen molar-refractivity contribution in [2.75, 3.05) is 13.1 Å². The fourth-order valence-electron chi connectivity index (χ4n) is 34.8. The van der Waals surface area contributed by atoms with Gasteiger partial charge in [0, 0.05) is 23.5 Å². The lowest BCUT2D eigenvalue weighted by atomic mass is 8.97. The number of hydrogen-bond acceptors (Lipinski definition) is 2. The molecule has 96 heavy (non-hydrogen) atoms. The Morgan fingerprint density at radius 2 is 0.927 bits per heavy atom. The van der Waals surface area contributed by atoms with Crippen LogP contribution in [-0.2, 0) is 0 Å². The van der Waals surface area contributed by atoms with Crippen molar-refractivity contribution in [3.05, 3.63) is 0 Å². The summed E-state index contributed by atoms with van der Waals surface area (Å²) in [7, 11) is 0. The van der Waals surface area contributed by atoms with Crippen LogP contribution in [0.3, 0.4) is 0 Å². The lowest BCUT2D eigenvalue weighted by Gasteiger charge is -3.07. The molecule has 22 unspecified atom stereocenters. The topological polar surface area (TPSA) is 15.3 Å². The van der Waals surface area contributed by atoms with E-state index in [0.717, 1.165) is 179 Å². The Kier molecular flexibility index (Phi) is 16.3. The lowest BCUT2D eigenvalue weighted by molar-refractivity contribution is -0.609. The molecule has 2 heterocycles. The fourth-order valence-corrected chi connectivity index (χ4v) is 34.8. The number of nitrogens with zero attached hydrogens (tertiary/aromatic N) is 1. The fraction of sp³-hybridized carbons (Fsp3) is 1.00. The van der Waals surface area contributed by atoms with Gasteiger partial charge < -0.3 is 0 Å². The van der Waals surface area contributed by atoms with Crippen LogP contribution in [0, 0.1) is 229 Å². The molecular formula is C94H156N2. The molecule has 0 amide bonds. The molecule has 542 valence electrons. The molecule has 26 aliphatic carbocycles. The number of hydrogen-bond donors (Lipinski definition) is 1. The summed E-state index contributed by atoms with van der Waals surface area (Å²) in [6, 6.07) is -0.383. The van der Waals surface area contributed by atoms with Crippen molar-refractivity contribution in [1.29, 1.82) is 0 Å². The lowest BCUT2D eigenvalue weighted by Crippen LogP contribution is -3.04. The van der Waals surface area contributed by atoms with Gasteiger partial charge in [-0.3, -0.25) is 10.2 Å². The molecule has 28 aliphatic rings. The Labute approximate surface area is 605 Å². The summed E-state index contributed by atoms with van der Waals surface area (Å²) in [5, 5.41) is 3.43. The third-order valence-electron chi connectivity index (χ3n) is 38.8. The van der Waals surface area contributed by atoms with E-state index in [0.29, 0.717) is 6.17 Å². The van der Waals surface area contributed by atoms with Gasteiger partial charge in [-0.2, -0.15) is 0 Å². The molecule has 8 bridgehead atoms. The molecule has 26 saturated carbocycles. The highest BCUT2D eigenvalue weighted by Gasteiger charge is 3.02. The normalized spacial score (nSPS) is 64.7. The Bertz CT molecular complexity index is 2980. The molecule has 1 spiro atoms. The molecule has 28 atom stereocenters. The van der Waals surface area contributed by atoms with Gasteiger partial charge in [-0.1, -0.05) is 166 Å². The van der Waals surface area contributed by atoms with Gasteiger partial charge in [-0.15, -0.1) is 0 Å². The van der Waals surface area contributed by atoms with Crippen LogP contribution in [0.2, 0.25) is 0 Å². The van der Waals surface area contributed by atoms with E-state index in [1.54, 1.807) is 13.3 Å². The maximum absolute atomic E-state index is 8.83. The Balaban J connectivity index is 0.0000000853. The maximum atomic E-state index is 8.83. The van der Waals surface area contributed by atoms with E-state index < -0.39 is 6.37 Å². The third-order valence-corrected chi connectivity index (χ3v) is 38.8. The first-order chi connectivity index (χ1) is 49.1. The number of rotatable bonds is 0. The second-order valence-electron chi connectivity index (χ2n) is 42.9. The predicted molar refractivity (Wildman–Crippen MR) is 402 cm³/mol. The highest BCUT2D eigenvalue weighted by Crippen LogP contribution is 3.05. The smallest absolute Gasteiger partial charge is 0.0599 e. The summed E-state index contributed by atoms with van der Waals surface area (Å²) in [5.41, 5.74) is 1.48. The van der Waals surface area contributed by atoms with Crippen LogP contribution >= 0.6 is 0 Å². The monoisotopic (exact) mass is 1320 g/mol. The average Bonchev–Trinajstić information content (AvgIpc) is 0.629. The van der Waals surface area contributed by atoms with Crippen LogP contribution in [0.5, 0.6) is 0 Å². The van der Waals surface area contributed by atoms with E-state index in [-0.39, 0.29) is 40.9 Å². The second-order valence-corrected chi connectivity index (χ2v) is 42.9. The summed E-state index contributed by atoms with van der Waals surface area (Å²) in [5.74, 6) is 31.9. The van der Waals surface area contributed by atoms with Crippen molar-refractivity contribution in [2.45, 2.75) is 345 Å². The summed E-state index contributed by atoms with van der Waals surface area (Å²) < 4.78 is 65.0. The molecule has 28 fully saturated rings. The summed E-state index contributed by atoms with van der Waals surface area (Å²) in [4.78, 5) is 2.52. The zero-order valence-electron chi connectivity index (χ0n) is 72.4. The predicted octanol–water partition coefficient (Wildman–Crippen LogP) is 24.8. The largest absolute Gasteiger partial charge is 0.299 e. The van der Waals surface area contributed by atoms with Gasteiger partial charge in [0.15, 0.2) is 0 Å². The van der Waals surface area contributed by atoms with Crippen molar-refractivity contribution in [2.24, 2.45) is 229 Å². The van der Waals surface area contributed by atoms with E-state index in [9.17, 15) is 0 Å². The molecule has 2 aliphatic heterocycles. The third kappa shape index (κ3) is 10.9. The number of fused-ring (bicyclic) bond motifs is 7. The molecule has 2 nitrogen and oxygen atoms in total. The molecule has 2 saturated heterocycles. The Morgan fingerprint density at radius 3 is 1.60 bits per heavy atom. The molecule has 0 radical (unpaired) electrons. The molecule has 2 heteroatoms. The van der Waals surface area contributed by atoms with Crippen LogP contribution < -0.4 is 5.32 Å². The average molecular weight is 1320 g/mol. The molecule has 0 aromatic heterocycles. The van der Waals surface area contributed by atoms with Gasteiger partial charge in [0.25, 0.3) is 0 Å². The van der Waals surface area contributed by atoms with Gasteiger partial charge in [-0.05, 0) is 403 Å². The van der Waals surface area contributed by atoms with Crippen molar-refractivity contribution in [3.63, 3.8) is 0 Å². The van der Waals surface area contributed by atoms with Crippen LogP contribution in [0.15, 0.2) is 0 Å². The van der Waals surface area contributed by atoms with Crippen LogP contribution in [-0.4, -0.2) is 30.2 Å². The Morgan fingerprint density at radius 1 is 0.385 bits per heavy atom. The first kappa shape index (κ1) is 59.1. The van der Waals surface area contributed by atoms with Gasteiger partial charge in [-0.25, -0.2) is 0 Å². The summed E-state index contributed by atoms with van der Waals surface area (Å²) in [6.07, 6.45) is 53.9. The summed E-state index contributed by atoms with van der Waals surface area (Å²) in [6.45, 7) is 25.3. The molecule has 1 N–H and O–H groups in total. The molecule has 0 aromatic carbocycles. The minimum absolute atomic E-state index is 0.0414. The molecule has 28 rings (SSSR count). The van der Waals surface area contributed by atoms with Crippen LogP contribution in [0.25, 0.3) is 0 Å². The standard InChI is InChI=1S/C15H22.C15H26.C14H24.C13H22.C12H18.C10H20N2.C9H10.C6H14/c1-7-9-5-11-10-2-8-3-13(11)15(7)14(4-8)12(10)6-9;1-11-6-7-13-9-8-12-4-2-3-5-14(12)15(13)10-11;1-10-5-4-8-13-12-7-3-2-6-11(12)9-14(10)13;1-9-5-6-11-8-7-10-3-2-4-12(9)13(10)11;1-7-4-10-5-8-2-3-9-6-11(7)12(8,9)10;1-9-6-8-12-7-4-2-3-5-10(12)11-9;1-9-6-3-2-4(6)8(9)5(2)7(3)9;1-5-6(2,3)4/h7-15H,2-6H2,1H3;11-15H,2-10H2,1H3;10-14H,2-9H2,1H3;9-13H,2-8H2,1H3;7-11H,2-6H2,1H3;9-11H,2-8H2,1H3;2-8H,1H3;5H2,1-4H3/t7-,8?,9?,10?,11?,12?,13?,14?,15?;11-,12?,13?,14?,15?;10-,11?,12?,13?,14?;9-,10?,11?,12?,13?;7-,8?,9?,10?,11?,12?;9-,10?;;/m010001../s1/i7D;11D;10D;9D;7D;9D;;5D2. The Hall–Kier alpha value is -0.0800. The van der Waals surface area contributed by atoms with E-state index in [2.05, 4.69) is 51.8 Å². The SMILES string of the molecule is CC12C3C4C5C3C1C5C42.[2H]C([2H])(C)C(C)(C)C.[2H][C@@]1(C)CCC2CCC3CCCCC3C2C1.[2H][C@@]1(C)CCN2CCCCCC2N1.[2H][C@]1(C)C2CC3C4CC5CC3C1C(C5)C4C2.[2H][C@]1(C)CC2CC3CCC4CC1C342.[2H][C@]1(C)CCC2CCC3CCCC1C32.[2H][C@]1(C)CCCC2C3CCCCC3CC21. The van der Waals surface area contributed by atoms with Crippen LogP contribution in [0.4, 0.5) is 0 Å². The quantitative estimate of drug-likeness (QED) is 0.260. The zero-order chi connectivity index (χ0) is 72.8. The van der Waals surface area contributed by atoms with Crippen molar-refractivity contribution in [3.8, 4) is 0 Å². The maximum Gasteiger partial charge on any atom is 0.0599 e. The first-order valence-electron chi connectivity index (χ1n) is 48.6. The first-order valence-corrected chi connectivity index (χ1v) is 44.6. The highest BCUT2D eigenvalue weighted by molar-refractivity contribution is 5.49. The second kappa shape index (κ2) is 26.4. The van der Waals surface area contributed by atoms with E-state index in [4.69, 9.17) is 11.0 Å². The van der Waals surface area contributed by atoms with Crippen molar-refractivity contribution < 1.29 is 11.0 Å². The van der Waals surface area contributed by atoms with Gasteiger partial charge in [0.1, 0.15) is 0 Å². The van der Waals surface area contributed by atoms with Crippen LogP contribution in [0.1, 0.15) is 344 Å². The minimum atomic E-state index is -1.06. The zero-order valence-corrected chi connectivity index (χ0v) is 64.4.